The first-order valence-corrected chi connectivity index (χ1v) is 12.4. The van der Waals surface area contributed by atoms with Crippen molar-refractivity contribution in [3.8, 4) is 0 Å². The average Bonchev–Trinajstić information content (AvgIpc) is 3.27. The number of nitrogens with zero attached hydrogens (tertiary/aromatic N) is 2. The number of rotatable bonds is 7. The van der Waals surface area contributed by atoms with Gasteiger partial charge < -0.3 is 14.5 Å². The molecule has 2 aliphatic heterocycles. The maximum absolute atomic E-state index is 12.8. The number of carbonyl (C=O) groups is 2. The van der Waals surface area contributed by atoms with Gasteiger partial charge in [-0.05, 0) is 25.5 Å². The summed E-state index contributed by atoms with van der Waals surface area (Å²) in [7, 11) is -3.67. The van der Waals surface area contributed by atoms with E-state index in [4.69, 9.17) is 16.3 Å². The molecule has 2 fully saturated rings. The van der Waals surface area contributed by atoms with Crippen molar-refractivity contribution in [3.05, 3.63) is 21.3 Å². The molecule has 11 heteroatoms. The number of hydrogen-bond donors (Lipinski definition) is 1. The number of amides is 2. The van der Waals surface area contributed by atoms with Gasteiger partial charge in [0.25, 0.3) is 0 Å². The summed E-state index contributed by atoms with van der Waals surface area (Å²) in [5.74, 6) is -0.849. The largest absolute Gasteiger partial charge is 0.378 e. The fourth-order valence-corrected chi connectivity index (χ4v) is 6.45. The first-order valence-electron chi connectivity index (χ1n) is 9.60. The predicted octanol–water partition coefficient (Wildman–Crippen LogP) is 1.27. The molecule has 3 rings (SSSR count). The number of thiophene rings is 1. The van der Waals surface area contributed by atoms with E-state index in [-0.39, 0.29) is 23.5 Å². The third kappa shape index (κ3) is 5.49. The number of likely N-dealkylation sites (tertiary alicyclic amines) is 1. The van der Waals surface area contributed by atoms with Crippen LogP contribution in [0.2, 0.25) is 4.34 Å². The van der Waals surface area contributed by atoms with Crippen LogP contribution in [-0.2, 0) is 24.3 Å². The van der Waals surface area contributed by atoms with Crippen molar-refractivity contribution < 1.29 is 22.7 Å². The lowest BCUT2D eigenvalue weighted by Crippen LogP contribution is -2.52. The maximum Gasteiger partial charge on any atom is 0.245 e. The van der Waals surface area contributed by atoms with Crippen LogP contribution in [0.3, 0.4) is 0 Å². The van der Waals surface area contributed by atoms with E-state index in [2.05, 4.69) is 4.72 Å². The molecule has 2 amide bonds. The molecule has 0 aliphatic carbocycles. The minimum absolute atomic E-state index is 0.129. The minimum Gasteiger partial charge on any atom is -0.378 e. The molecule has 162 valence electrons. The molecule has 1 unspecified atom stereocenters. The molecule has 1 aromatic heterocycles. The molecule has 3 heterocycles. The van der Waals surface area contributed by atoms with Gasteiger partial charge in [-0.15, -0.1) is 11.3 Å². The van der Waals surface area contributed by atoms with Gasteiger partial charge in [-0.3, -0.25) is 9.59 Å². The second kappa shape index (κ2) is 9.30. The Balaban J connectivity index is 1.58. The van der Waals surface area contributed by atoms with E-state index >= 15 is 0 Å². The van der Waals surface area contributed by atoms with Crippen LogP contribution in [0.5, 0.6) is 0 Å². The molecule has 1 aromatic rings. The van der Waals surface area contributed by atoms with Gasteiger partial charge in [-0.25, -0.2) is 13.1 Å². The molecular weight excluding hydrogens is 438 g/mol. The third-order valence-electron chi connectivity index (χ3n) is 5.26. The number of nitrogens with one attached hydrogen (secondary N) is 1. The standard InChI is InChI=1S/C18H26ClN3O5S2/c1-12(15-3-4-16(19)28-15)11-29(25,26)20-14-5-6-22(18(14)24)13(2)17(23)21-7-9-27-10-8-21/h3-4,12-14,20H,5-11H2,1-2H3/t12?,13-,14-/m0/s1. The van der Waals surface area contributed by atoms with Crippen LogP contribution < -0.4 is 4.72 Å². The lowest BCUT2D eigenvalue weighted by Gasteiger charge is -2.32. The minimum atomic E-state index is -3.67. The summed E-state index contributed by atoms with van der Waals surface area (Å²) in [6, 6.07) is 2.10. The molecule has 8 nitrogen and oxygen atoms in total. The number of sulfonamides is 1. The predicted molar refractivity (Wildman–Crippen MR) is 112 cm³/mol. The third-order valence-corrected chi connectivity index (χ3v) is 8.30. The summed E-state index contributed by atoms with van der Waals surface area (Å²) in [6.07, 6.45) is 0.345. The van der Waals surface area contributed by atoms with Crippen LogP contribution in [0.25, 0.3) is 0 Å². The van der Waals surface area contributed by atoms with Gasteiger partial charge in [0.2, 0.25) is 21.8 Å². The highest BCUT2D eigenvalue weighted by Gasteiger charge is 2.40. The Hall–Kier alpha value is -1.20. The van der Waals surface area contributed by atoms with Crippen LogP contribution in [0, 0.1) is 0 Å². The summed E-state index contributed by atoms with van der Waals surface area (Å²) in [6.45, 7) is 5.84. The van der Waals surface area contributed by atoms with E-state index in [0.717, 1.165) is 4.88 Å². The van der Waals surface area contributed by atoms with E-state index in [1.165, 1.54) is 16.2 Å². The molecule has 2 aliphatic rings. The average molecular weight is 464 g/mol. The highest BCUT2D eigenvalue weighted by atomic mass is 35.5. The van der Waals surface area contributed by atoms with Crippen molar-refractivity contribution in [2.75, 3.05) is 38.6 Å². The van der Waals surface area contributed by atoms with Gasteiger partial charge in [-0.1, -0.05) is 18.5 Å². The summed E-state index contributed by atoms with van der Waals surface area (Å²) in [4.78, 5) is 29.4. The van der Waals surface area contributed by atoms with Crippen molar-refractivity contribution in [2.45, 2.75) is 38.3 Å². The molecule has 0 radical (unpaired) electrons. The van der Waals surface area contributed by atoms with Crippen LogP contribution in [0.1, 0.15) is 31.1 Å². The van der Waals surface area contributed by atoms with E-state index in [1.54, 1.807) is 17.9 Å². The fraction of sp³-hybridized carbons (Fsp3) is 0.667. The van der Waals surface area contributed by atoms with E-state index in [0.29, 0.717) is 43.6 Å². The van der Waals surface area contributed by atoms with Gasteiger partial charge in [0.05, 0.1) is 23.3 Å². The summed E-state index contributed by atoms with van der Waals surface area (Å²) in [5, 5.41) is 0. The highest BCUT2D eigenvalue weighted by Crippen LogP contribution is 2.29. The van der Waals surface area contributed by atoms with Crippen LogP contribution in [0.4, 0.5) is 0 Å². The summed E-state index contributed by atoms with van der Waals surface area (Å²) >= 11 is 7.27. The Morgan fingerprint density at radius 1 is 1.31 bits per heavy atom. The lowest BCUT2D eigenvalue weighted by atomic mass is 10.2. The molecule has 2 saturated heterocycles. The first kappa shape index (κ1) is 22.5. The quantitative estimate of drug-likeness (QED) is 0.657. The van der Waals surface area contributed by atoms with Gasteiger partial charge in [0, 0.05) is 30.4 Å². The summed E-state index contributed by atoms with van der Waals surface area (Å²) in [5.41, 5.74) is 0. The monoisotopic (exact) mass is 463 g/mol. The number of halogens is 1. The van der Waals surface area contributed by atoms with E-state index in [1.807, 2.05) is 13.0 Å². The molecule has 0 spiro atoms. The number of morpholine rings is 1. The normalized spacial score (nSPS) is 22.7. The zero-order valence-corrected chi connectivity index (χ0v) is 18.9. The van der Waals surface area contributed by atoms with Crippen LogP contribution in [-0.4, -0.2) is 80.7 Å². The van der Waals surface area contributed by atoms with Gasteiger partial charge in [0.15, 0.2) is 0 Å². The van der Waals surface area contributed by atoms with Crippen molar-refractivity contribution in [1.29, 1.82) is 0 Å². The van der Waals surface area contributed by atoms with E-state index < -0.39 is 22.1 Å². The Labute approximate surface area is 180 Å². The molecule has 3 atom stereocenters. The van der Waals surface area contributed by atoms with Crippen LogP contribution in [0.15, 0.2) is 12.1 Å². The first-order chi connectivity index (χ1) is 13.7. The Kier molecular flexibility index (Phi) is 7.21. The van der Waals surface area contributed by atoms with Crippen molar-refractivity contribution in [2.24, 2.45) is 0 Å². The molecule has 1 N–H and O–H groups in total. The number of ether oxygens (including phenoxy) is 1. The molecule has 0 bridgehead atoms. The summed E-state index contributed by atoms with van der Waals surface area (Å²) < 4.78 is 33.5. The smallest absolute Gasteiger partial charge is 0.245 e. The molecule has 0 aromatic carbocycles. The Morgan fingerprint density at radius 3 is 2.62 bits per heavy atom. The van der Waals surface area contributed by atoms with E-state index in [9.17, 15) is 18.0 Å². The highest BCUT2D eigenvalue weighted by molar-refractivity contribution is 7.89. The molecular formula is C18H26ClN3O5S2. The fourth-order valence-electron chi connectivity index (χ4n) is 3.65. The second-order valence-electron chi connectivity index (χ2n) is 7.43. The van der Waals surface area contributed by atoms with Crippen molar-refractivity contribution in [1.82, 2.24) is 14.5 Å². The molecule has 0 saturated carbocycles. The SMILES string of the molecule is CC(CS(=O)(=O)N[C@H]1CCN([C@@H](C)C(=O)N2CCOCC2)C1=O)c1ccc(Cl)s1. The van der Waals surface area contributed by atoms with Gasteiger partial charge >= 0.3 is 0 Å². The van der Waals surface area contributed by atoms with Crippen LogP contribution >= 0.6 is 22.9 Å². The lowest BCUT2D eigenvalue weighted by molar-refractivity contribution is -0.146. The maximum atomic E-state index is 12.8. The topological polar surface area (TPSA) is 96.0 Å². The molecule has 29 heavy (non-hydrogen) atoms. The van der Waals surface area contributed by atoms with Crippen molar-refractivity contribution >= 4 is 44.8 Å². The van der Waals surface area contributed by atoms with Gasteiger partial charge in [0.1, 0.15) is 12.1 Å². The number of carbonyl (C=O) groups excluding carboxylic acids is 2. The van der Waals surface area contributed by atoms with Crippen molar-refractivity contribution in [3.63, 3.8) is 0 Å². The van der Waals surface area contributed by atoms with Gasteiger partial charge in [-0.2, -0.15) is 0 Å². The zero-order valence-electron chi connectivity index (χ0n) is 16.5. The number of hydrogen-bond acceptors (Lipinski definition) is 6. The second-order valence-corrected chi connectivity index (χ2v) is 11.0. The Morgan fingerprint density at radius 2 is 2.00 bits per heavy atom. The Bertz CT molecular complexity index is 853. The zero-order chi connectivity index (χ0) is 21.2.